The first kappa shape index (κ1) is 18.4. The zero-order valence-corrected chi connectivity index (χ0v) is 15.5. The quantitative estimate of drug-likeness (QED) is 0.839. The number of nitrogens with one attached hydrogen (secondary N) is 1. The molecule has 2 aliphatic rings. The first-order valence-electron chi connectivity index (χ1n) is 9.32. The van der Waals surface area contributed by atoms with Crippen LogP contribution in [0, 0.1) is 5.92 Å². The van der Waals surface area contributed by atoms with Gasteiger partial charge in [0.2, 0.25) is 0 Å². The number of hydrogen-bond acceptors (Lipinski definition) is 6. The highest BCUT2D eigenvalue weighted by Gasteiger charge is 2.29. The van der Waals surface area contributed by atoms with Crippen LogP contribution in [0.5, 0.6) is 0 Å². The second-order valence-electron chi connectivity index (χ2n) is 7.43. The monoisotopic (exact) mass is 350 g/mol. The summed E-state index contributed by atoms with van der Waals surface area (Å²) in [5.41, 5.74) is 0.368. The van der Waals surface area contributed by atoms with Crippen molar-refractivity contribution < 1.29 is 13.9 Å². The second kappa shape index (κ2) is 8.29. The maximum atomic E-state index is 12.6. The minimum Gasteiger partial charge on any atom is -0.445 e. The van der Waals surface area contributed by atoms with E-state index in [1.54, 1.807) is 0 Å². The molecule has 1 N–H and O–H groups in total. The number of ether oxygens (including phenoxy) is 1. The third-order valence-electron chi connectivity index (χ3n) is 5.28. The zero-order chi connectivity index (χ0) is 17.8. The number of amides is 1. The first-order valence-corrected chi connectivity index (χ1v) is 9.32. The van der Waals surface area contributed by atoms with Crippen molar-refractivity contribution in [1.82, 2.24) is 20.1 Å². The van der Waals surface area contributed by atoms with Gasteiger partial charge in [0, 0.05) is 45.4 Å². The van der Waals surface area contributed by atoms with Crippen molar-refractivity contribution in [3.63, 3.8) is 0 Å². The van der Waals surface area contributed by atoms with Crippen LogP contribution in [0.2, 0.25) is 0 Å². The largest absolute Gasteiger partial charge is 0.445 e. The van der Waals surface area contributed by atoms with Gasteiger partial charge in [0.15, 0.2) is 17.8 Å². The van der Waals surface area contributed by atoms with E-state index < -0.39 is 0 Å². The third kappa shape index (κ3) is 4.40. The molecule has 1 aromatic rings. The van der Waals surface area contributed by atoms with Crippen LogP contribution in [-0.4, -0.2) is 73.1 Å². The fourth-order valence-electron chi connectivity index (χ4n) is 3.66. The van der Waals surface area contributed by atoms with Crippen LogP contribution in [0.25, 0.3) is 0 Å². The third-order valence-corrected chi connectivity index (χ3v) is 5.28. The van der Waals surface area contributed by atoms with Gasteiger partial charge in [-0.25, -0.2) is 4.98 Å². The summed E-state index contributed by atoms with van der Waals surface area (Å²) in [5.74, 6) is 0.869. The second-order valence-corrected chi connectivity index (χ2v) is 7.43. The van der Waals surface area contributed by atoms with E-state index in [-0.39, 0.29) is 12.0 Å². The molecule has 0 unspecified atom stereocenters. The van der Waals surface area contributed by atoms with Gasteiger partial charge in [-0.2, -0.15) is 0 Å². The van der Waals surface area contributed by atoms with Gasteiger partial charge in [0.25, 0.3) is 5.91 Å². The average Bonchev–Trinajstić information content (AvgIpc) is 3.27. The fraction of sp³-hybridized carbons (Fsp3) is 0.778. The smallest absolute Gasteiger partial charge is 0.273 e. The van der Waals surface area contributed by atoms with Crippen LogP contribution in [0.4, 0.5) is 0 Å². The van der Waals surface area contributed by atoms with Gasteiger partial charge < -0.3 is 19.4 Å². The lowest BCUT2D eigenvalue weighted by Gasteiger charge is -2.39. The summed E-state index contributed by atoms with van der Waals surface area (Å²) >= 11 is 0. The van der Waals surface area contributed by atoms with Crippen LogP contribution >= 0.6 is 0 Å². The molecule has 0 bridgehead atoms. The molecule has 2 aliphatic heterocycles. The van der Waals surface area contributed by atoms with Gasteiger partial charge in [-0.05, 0) is 25.8 Å². The highest BCUT2D eigenvalue weighted by molar-refractivity contribution is 5.93. The molecule has 3 rings (SSSR count). The van der Waals surface area contributed by atoms with Gasteiger partial charge in [-0.15, -0.1) is 0 Å². The number of oxazole rings is 1. The van der Waals surface area contributed by atoms with Crippen LogP contribution in [0.15, 0.2) is 10.8 Å². The Balaban J connectivity index is 1.59. The van der Waals surface area contributed by atoms with E-state index in [0.717, 1.165) is 39.0 Å². The van der Waals surface area contributed by atoms with Gasteiger partial charge in [-0.3, -0.25) is 9.69 Å². The molecule has 1 aromatic heterocycles. The molecule has 2 fully saturated rings. The number of aromatic nitrogens is 1. The molecule has 0 aromatic carbocycles. The Bertz CT molecular complexity index is 560. The van der Waals surface area contributed by atoms with Crippen molar-refractivity contribution >= 4 is 5.91 Å². The van der Waals surface area contributed by atoms with Crippen molar-refractivity contribution in [2.45, 2.75) is 38.8 Å². The van der Waals surface area contributed by atoms with Crippen LogP contribution in [0.3, 0.4) is 0 Å². The summed E-state index contributed by atoms with van der Waals surface area (Å²) in [6.45, 7) is 9.99. The molecule has 3 heterocycles. The average molecular weight is 350 g/mol. The molecule has 25 heavy (non-hydrogen) atoms. The van der Waals surface area contributed by atoms with Gasteiger partial charge in [0.05, 0.1) is 0 Å². The van der Waals surface area contributed by atoms with E-state index in [1.807, 2.05) is 0 Å². The lowest BCUT2D eigenvalue weighted by atomic mass is 10.0. The van der Waals surface area contributed by atoms with Crippen LogP contribution in [-0.2, 0) is 4.74 Å². The van der Waals surface area contributed by atoms with E-state index in [2.05, 4.69) is 41.0 Å². The van der Waals surface area contributed by atoms with E-state index in [1.165, 1.54) is 6.39 Å². The fourth-order valence-corrected chi connectivity index (χ4v) is 3.66. The number of rotatable bonds is 6. The molecular formula is C18H30N4O3. The highest BCUT2D eigenvalue weighted by atomic mass is 16.5. The predicted octanol–water partition coefficient (Wildman–Crippen LogP) is 1.53. The summed E-state index contributed by atoms with van der Waals surface area (Å²) in [4.78, 5) is 21.6. The Labute approximate surface area is 149 Å². The summed E-state index contributed by atoms with van der Waals surface area (Å²) < 4.78 is 11.1. The Kier molecular flexibility index (Phi) is 6.09. The Morgan fingerprint density at radius 1 is 1.36 bits per heavy atom. The molecular weight excluding hydrogens is 320 g/mol. The first-order chi connectivity index (χ1) is 12.1. The molecule has 0 saturated carbocycles. The Hall–Kier alpha value is -1.44. The molecule has 0 aliphatic carbocycles. The Morgan fingerprint density at radius 2 is 2.12 bits per heavy atom. The molecule has 140 valence electrons. The molecule has 7 heteroatoms. The maximum absolute atomic E-state index is 12.6. The SMILES string of the molecule is CC(C)[C@H](CNC(=O)c1ncoc1[C@H]1CCCO1)N1CCN(C)CC1. The lowest BCUT2D eigenvalue weighted by molar-refractivity contribution is 0.0768. The predicted molar refractivity (Wildman–Crippen MR) is 94.5 cm³/mol. The normalized spacial score (nSPS) is 23.9. The van der Waals surface area contributed by atoms with E-state index in [0.29, 0.717) is 36.6 Å². The molecule has 2 saturated heterocycles. The number of nitrogens with zero attached hydrogens (tertiary/aromatic N) is 3. The number of hydrogen-bond donors (Lipinski definition) is 1. The maximum Gasteiger partial charge on any atom is 0.273 e. The van der Waals surface area contributed by atoms with Crippen LogP contribution in [0.1, 0.15) is 49.0 Å². The molecule has 7 nitrogen and oxygen atoms in total. The van der Waals surface area contributed by atoms with Crippen molar-refractivity contribution in [3.05, 3.63) is 17.8 Å². The van der Waals surface area contributed by atoms with Crippen molar-refractivity contribution in [1.29, 1.82) is 0 Å². The van der Waals surface area contributed by atoms with Gasteiger partial charge in [-0.1, -0.05) is 13.8 Å². The summed E-state index contributed by atoms with van der Waals surface area (Å²) in [6.07, 6.45) is 3.07. The number of carbonyl (C=O) groups is 1. The summed E-state index contributed by atoms with van der Waals surface area (Å²) in [6, 6.07) is 0.329. The van der Waals surface area contributed by atoms with Crippen molar-refractivity contribution in [3.8, 4) is 0 Å². The number of piperazine rings is 1. The molecule has 0 radical (unpaired) electrons. The number of carbonyl (C=O) groups excluding carboxylic acids is 1. The molecule has 2 atom stereocenters. The van der Waals surface area contributed by atoms with Crippen molar-refractivity contribution in [2.24, 2.45) is 5.92 Å². The molecule has 1 amide bonds. The van der Waals surface area contributed by atoms with E-state index in [9.17, 15) is 4.79 Å². The van der Waals surface area contributed by atoms with Crippen molar-refractivity contribution in [2.75, 3.05) is 46.4 Å². The topological polar surface area (TPSA) is 70.8 Å². The minimum absolute atomic E-state index is 0.137. The zero-order valence-electron chi connectivity index (χ0n) is 15.5. The highest BCUT2D eigenvalue weighted by Crippen LogP contribution is 2.30. The van der Waals surface area contributed by atoms with E-state index >= 15 is 0 Å². The standard InChI is InChI=1S/C18H30N4O3/c1-13(2)14(22-8-6-21(3)7-9-22)11-19-18(23)16-17(25-12-20-16)15-5-4-10-24-15/h12-15H,4-11H2,1-3H3,(H,19,23)/t14-,15+/m0/s1. The minimum atomic E-state index is -0.168. The summed E-state index contributed by atoms with van der Waals surface area (Å²) in [5, 5.41) is 3.07. The van der Waals surface area contributed by atoms with Gasteiger partial charge in [0.1, 0.15) is 6.10 Å². The summed E-state index contributed by atoms with van der Waals surface area (Å²) in [7, 11) is 2.15. The lowest BCUT2D eigenvalue weighted by Crippen LogP contribution is -2.54. The van der Waals surface area contributed by atoms with Gasteiger partial charge >= 0.3 is 0 Å². The van der Waals surface area contributed by atoms with E-state index in [4.69, 9.17) is 9.15 Å². The molecule has 0 spiro atoms. The number of likely N-dealkylation sites (N-methyl/N-ethyl adjacent to an activating group) is 1. The Morgan fingerprint density at radius 3 is 2.76 bits per heavy atom. The van der Waals surface area contributed by atoms with Crippen LogP contribution < -0.4 is 5.32 Å².